The predicted molar refractivity (Wildman–Crippen MR) is 156 cm³/mol. The van der Waals surface area contributed by atoms with Crippen LogP contribution in [0.1, 0.15) is 68.3 Å². The quantitative estimate of drug-likeness (QED) is 0.344. The molecule has 1 amide bonds. The standard InChI is InChI=1S/C30H36F3IN2O6/c1-16-9-10-19(34)13-20(16)23-25(42-15-17-12-18(30(31,32)33)14-35-26(17)40-5)22(29(2,3)4)24(28(38)39)36(23)27(37)21-8-6-7-11-41-21/h9-10,12-14,21-25H,6-8,11,15H2,1-5H3,(H,38,39)/t21-,22+,23-,24-,25-/m0/s1. The number of carbonyl (C=O) groups is 2. The fourth-order valence-corrected chi connectivity index (χ4v) is 6.59. The summed E-state index contributed by atoms with van der Waals surface area (Å²) < 4.78 is 59.0. The first-order chi connectivity index (χ1) is 19.6. The fraction of sp³-hybridized carbons (Fsp3) is 0.567. The van der Waals surface area contributed by atoms with Crippen LogP contribution in [-0.2, 0) is 31.8 Å². The van der Waals surface area contributed by atoms with Gasteiger partial charge in [-0.3, -0.25) is 4.79 Å². The highest BCUT2D eigenvalue weighted by molar-refractivity contribution is 14.1. The minimum atomic E-state index is -4.63. The number of carboxylic acid groups (broad SMARTS) is 1. The Morgan fingerprint density at radius 2 is 1.90 bits per heavy atom. The Bertz CT molecular complexity index is 1310. The van der Waals surface area contributed by atoms with Gasteiger partial charge in [-0.05, 0) is 83.5 Å². The number of aromatic nitrogens is 1. The van der Waals surface area contributed by atoms with Gasteiger partial charge in [-0.25, -0.2) is 9.78 Å². The molecular formula is C30H36F3IN2O6. The second kappa shape index (κ2) is 12.7. The van der Waals surface area contributed by atoms with E-state index in [2.05, 4.69) is 27.6 Å². The Morgan fingerprint density at radius 1 is 1.19 bits per heavy atom. The molecule has 0 unspecified atom stereocenters. The Balaban J connectivity index is 1.87. The first kappa shape index (κ1) is 32.5. The van der Waals surface area contributed by atoms with Gasteiger partial charge in [-0.2, -0.15) is 13.2 Å². The third-order valence-corrected chi connectivity index (χ3v) is 8.68. The van der Waals surface area contributed by atoms with E-state index in [1.54, 1.807) is 0 Å². The van der Waals surface area contributed by atoms with E-state index in [4.69, 9.17) is 14.2 Å². The highest BCUT2D eigenvalue weighted by Crippen LogP contribution is 2.51. The second-order valence-corrected chi connectivity index (χ2v) is 13.1. The van der Waals surface area contributed by atoms with Gasteiger partial charge in [-0.15, -0.1) is 0 Å². The molecule has 230 valence electrons. The molecule has 1 aromatic heterocycles. The molecule has 5 atom stereocenters. The van der Waals surface area contributed by atoms with Gasteiger partial charge < -0.3 is 24.2 Å². The van der Waals surface area contributed by atoms with Crippen LogP contribution in [0.3, 0.4) is 0 Å². The topological polar surface area (TPSA) is 98.2 Å². The predicted octanol–water partition coefficient (Wildman–Crippen LogP) is 6.18. The van der Waals surface area contributed by atoms with Crippen LogP contribution in [0.25, 0.3) is 0 Å². The monoisotopic (exact) mass is 704 g/mol. The molecule has 1 N–H and O–H groups in total. The van der Waals surface area contributed by atoms with Crippen molar-refractivity contribution >= 4 is 34.5 Å². The van der Waals surface area contributed by atoms with E-state index >= 15 is 0 Å². The number of methoxy groups -OCH3 is 1. The molecule has 0 saturated carbocycles. The Hall–Kier alpha value is -2.45. The Kier molecular flexibility index (Phi) is 9.78. The maximum Gasteiger partial charge on any atom is 0.417 e. The van der Waals surface area contributed by atoms with E-state index in [1.165, 1.54) is 12.0 Å². The highest BCUT2D eigenvalue weighted by atomic mass is 127. The molecule has 2 fully saturated rings. The molecule has 0 spiro atoms. The van der Waals surface area contributed by atoms with Gasteiger partial charge >= 0.3 is 12.1 Å². The number of ether oxygens (including phenoxy) is 3. The molecule has 4 rings (SSSR count). The van der Waals surface area contributed by atoms with Crippen molar-refractivity contribution in [3.8, 4) is 5.88 Å². The minimum absolute atomic E-state index is 0.0337. The van der Waals surface area contributed by atoms with Crippen molar-refractivity contribution in [1.82, 2.24) is 9.88 Å². The number of hydrogen-bond acceptors (Lipinski definition) is 6. The number of aryl methyl sites for hydroxylation is 1. The van der Waals surface area contributed by atoms with Crippen LogP contribution >= 0.6 is 22.6 Å². The third kappa shape index (κ3) is 6.70. The van der Waals surface area contributed by atoms with E-state index in [0.717, 1.165) is 28.0 Å². The molecule has 2 aliphatic heterocycles. The van der Waals surface area contributed by atoms with Crippen molar-refractivity contribution in [2.75, 3.05) is 13.7 Å². The number of hydrogen-bond donors (Lipinski definition) is 1. The van der Waals surface area contributed by atoms with Crippen molar-refractivity contribution in [2.45, 2.75) is 84.0 Å². The first-order valence-corrected chi connectivity index (χ1v) is 14.9. The van der Waals surface area contributed by atoms with Gasteiger partial charge in [0.05, 0.1) is 31.4 Å². The smallest absolute Gasteiger partial charge is 0.417 e. The zero-order chi connectivity index (χ0) is 31.0. The third-order valence-electron chi connectivity index (χ3n) is 8.00. The summed E-state index contributed by atoms with van der Waals surface area (Å²) in [5.41, 5.74) is -0.0391. The van der Waals surface area contributed by atoms with Gasteiger partial charge in [0.1, 0.15) is 12.1 Å². The number of nitrogens with zero attached hydrogens (tertiary/aromatic N) is 2. The van der Waals surface area contributed by atoms with Gasteiger partial charge in [-0.1, -0.05) is 26.8 Å². The molecule has 2 aromatic rings. The molecule has 12 heteroatoms. The van der Waals surface area contributed by atoms with Crippen molar-refractivity contribution < 1.29 is 42.1 Å². The molecule has 0 radical (unpaired) electrons. The average Bonchev–Trinajstić information content (AvgIpc) is 3.28. The number of rotatable bonds is 7. The van der Waals surface area contributed by atoms with Gasteiger partial charge in [0.15, 0.2) is 0 Å². The van der Waals surface area contributed by atoms with Gasteiger partial charge in [0, 0.05) is 27.9 Å². The second-order valence-electron chi connectivity index (χ2n) is 11.9. The van der Waals surface area contributed by atoms with E-state index in [1.807, 2.05) is 45.9 Å². The number of amides is 1. The van der Waals surface area contributed by atoms with E-state index in [0.29, 0.717) is 24.8 Å². The van der Waals surface area contributed by atoms with E-state index < -0.39 is 59.2 Å². The maximum atomic E-state index is 14.2. The Morgan fingerprint density at radius 3 is 2.48 bits per heavy atom. The number of aliphatic carboxylic acids is 1. The SMILES string of the molecule is COc1ncc(C(F)(F)F)cc1CO[C@H]1[C@H](C(C)(C)C)[C@@H](C(=O)O)N(C(=O)[C@@H]2CCCCO2)[C@H]1c1cc(I)ccc1C. The van der Waals surface area contributed by atoms with Gasteiger partial charge in [0.2, 0.25) is 5.88 Å². The summed E-state index contributed by atoms with van der Waals surface area (Å²) in [6.07, 6.45) is -3.56. The summed E-state index contributed by atoms with van der Waals surface area (Å²) in [6.45, 7) is 7.56. The summed E-state index contributed by atoms with van der Waals surface area (Å²) in [4.78, 5) is 32.4. The number of benzene rings is 1. The number of likely N-dealkylation sites (tertiary alicyclic amines) is 1. The lowest BCUT2D eigenvalue weighted by atomic mass is 9.73. The van der Waals surface area contributed by atoms with Crippen molar-refractivity contribution in [2.24, 2.45) is 11.3 Å². The first-order valence-electron chi connectivity index (χ1n) is 13.8. The number of carbonyl (C=O) groups excluding carboxylic acids is 1. The molecular weight excluding hydrogens is 668 g/mol. The van der Waals surface area contributed by atoms with E-state index in [9.17, 15) is 27.9 Å². The number of halogens is 4. The molecule has 0 bridgehead atoms. The van der Waals surface area contributed by atoms with Gasteiger partial charge in [0.25, 0.3) is 5.91 Å². The summed E-state index contributed by atoms with van der Waals surface area (Å²) in [5.74, 6) is -2.37. The molecule has 3 heterocycles. The van der Waals surface area contributed by atoms with Crippen molar-refractivity contribution in [1.29, 1.82) is 0 Å². The summed E-state index contributed by atoms with van der Waals surface area (Å²) in [5, 5.41) is 10.6. The lowest BCUT2D eigenvalue weighted by Gasteiger charge is -2.35. The van der Waals surface area contributed by atoms with E-state index in [-0.39, 0.29) is 18.1 Å². The zero-order valence-electron chi connectivity index (χ0n) is 24.2. The molecule has 2 aliphatic rings. The van der Waals surface area contributed by atoms with Crippen molar-refractivity contribution in [3.63, 3.8) is 0 Å². The van der Waals surface area contributed by atoms with Crippen LogP contribution in [0.5, 0.6) is 5.88 Å². The van der Waals surface area contributed by atoms with Crippen LogP contribution < -0.4 is 4.74 Å². The maximum absolute atomic E-state index is 14.2. The minimum Gasteiger partial charge on any atom is -0.481 e. The summed E-state index contributed by atoms with van der Waals surface area (Å²) in [6, 6.07) is 4.52. The summed E-state index contributed by atoms with van der Waals surface area (Å²) in [7, 11) is 1.30. The number of alkyl halides is 3. The largest absolute Gasteiger partial charge is 0.481 e. The van der Waals surface area contributed by atoms with Crippen LogP contribution in [-0.4, -0.2) is 58.8 Å². The zero-order valence-corrected chi connectivity index (χ0v) is 26.4. The summed E-state index contributed by atoms with van der Waals surface area (Å²) >= 11 is 2.16. The lowest BCUT2D eigenvalue weighted by Crippen LogP contribution is -2.51. The van der Waals surface area contributed by atoms with Crippen LogP contribution in [0.15, 0.2) is 30.5 Å². The highest BCUT2D eigenvalue weighted by Gasteiger charge is 2.59. The lowest BCUT2D eigenvalue weighted by molar-refractivity contribution is -0.159. The average molecular weight is 705 g/mol. The molecule has 2 saturated heterocycles. The molecule has 0 aliphatic carbocycles. The normalized spacial score (nSPS) is 25.0. The van der Waals surface area contributed by atoms with Crippen LogP contribution in [0, 0.1) is 21.8 Å². The van der Waals surface area contributed by atoms with Crippen LogP contribution in [0.4, 0.5) is 13.2 Å². The molecule has 1 aromatic carbocycles. The van der Waals surface area contributed by atoms with Crippen molar-refractivity contribution in [3.05, 3.63) is 56.3 Å². The molecule has 42 heavy (non-hydrogen) atoms. The molecule has 8 nitrogen and oxygen atoms in total. The van der Waals surface area contributed by atoms with Crippen LogP contribution in [0.2, 0.25) is 0 Å². The Labute approximate surface area is 257 Å². The fourth-order valence-electron chi connectivity index (χ4n) is 6.07. The number of carboxylic acids is 1. The number of pyridine rings is 1.